The average Bonchev–Trinajstić information content (AvgIpc) is 3.56. The molecule has 0 unspecified atom stereocenters. The summed E-state index contributed by atoms with van der Waals surface area (Å²) in [5.74, 6) is 1.85. The summed E-state index contributed by atoms with van der Waals surface area (Å²) < 4.78 is 6.37. The van der Waals surface area contributed by atoms with Crippen LogP contribution in [0.2, 0.25) is 0 Å². The van der Waals surface area contributed by atoms with Crippen LogP contribution < -0.4 is 0 Å². The SMILES string of the molecule is c1ccc(-c2ccc3oc4cccc(-c5nc(-c6ccccc6)nc(-c6ccc7c(ccc8c9ccccc9ccc78)c6)n5)c4c3c2)cc1. The van der Waals surface area contributed by atoms with Crippen molar-refractivity contribution < 1.29 is 4.42 Å². The molecule has 0 aliphatic carbocycles. The Kier molecular flexibility index (Phi) is 6.15. The van der Waals surface area contributed by atoms with E-state index in [1.807, 2.05) is 48.5 Å². The fraction of sp³-hybridized carbons (Fsp3) is 0. The lowest BCUT2D eigenvalue weighted by Crippen LogP contribution is -2.00. The molecule has 4 heteroatoms. The minimum atomic E-state index is 0.604. The lowest BCUT2D eigenvalue weighted by Gasteiger charge is -2.11. The Balaban J connectivity index is 1.18. The van der Waals surface area contributed by atoms with E-state index in [1.165, 1.54) is 26.9 Å². The summed E-state index contributed by atoms with van der Waals surface area (Å²) in [5.41, 5.74) is 6.68. The van der Waals surface area contributed by atoms with Gasteiger partial charge in [-0.15, -0.1) is 0 Å². The second kappa shape index (κ2) is 11.0. The van der Waals surface area contributed by atoms with E-state index in [0.717, 1.165) is 55.1 Å². The molecule has 0 atom stereocenters. The van der Waals surface area contributed by atoms with Crippen molar-refractivity contribution in [1.82, 2.24) is 15.0 Å². The van der Waals surface area contributed by atoms with Gasteiger partial charge >= 0.3 is 0 Å². The van der Waals surface area contributed by atoms with Crippen LogP contribution in [0.3, 0.4) is 0 Å². The fourth-order valence-corrected chi connectivity index (χ4v) is 7.13. The second-order valence-corrected chi connectivity index (χ2v) is 12.4. The number of furan rings is 1. The van der Waals surface area contributed by atoms with Gasteiger partial charge in [0.25, 0.3) is 0 Å². The lowest BCUT2D eigenvalue weighted by molar-refractivity contribution is 0.669. The fourth-order valence-electron chi connectivity index (χ4n) is 7.13. The molecule has 0 bridgehead atoms. The number of aromatic nitrogens is 3. The summed E-state index contributed by atoms with van der Waals surface area (Å²) in [6.45, 7) is 0. The van der Waals surface area contributed by atoms with E-state index in [2.05, 4.69) is 115 Å². The van der Waals surface area contributed by atoms with Crippen molar-refractivity contribution >= 4 is 54.3 Å². The summed E-state index contributed by atoms with van der Waals surface area (Å²) in [6, 6.07) is 56.9. The van der Waals surface area contributed by atoms with E-state index in [-0.39, 0.29) is 0 Å². The highest BCUT2D eigenvalue weighted by molar-refractivity contribution is 6.17. The minimum Gasteiger partial charge on any atom is -0.456 e. The van der Waals surface area contributed by atoms with E-state index in [1.54, 1.807) is 0 Å². The summed E-state index contributed by atoms with van der Waals surface area (Å²) in [4.78, 5) is 15.3. The van der Waals surface area contributed by atoms with Crippen LogP contribution in [0.5, 0.6) is 0 Å². The standard InChI is InChI=1S/C45H27N3O/c1-3-10-28(11-4-1)31-21-25-40-39(27-31)42-38(16-9-17-41(42)49-40)45-47-43(30-13-5-2-6-14-30)46-44(48-45)33-20-22-35-32(26-33)19-24-36-34-15-8-7-12-29(34)18-23-37(35)36/h1-27H. The van der Waals surface area contributed by atoms with Crippen molar-refractivity contribution in [2.75, 3.05) is 0 Å². The van der Waals surface area contributed by atoms with Crippen molar-refractivity contribution in [2.24, 2.45) is 0 Å². The van der Waals surface area contributed by atoms with E-state index >= 15 is 0 Å². The van der Waals surface area contributed by atoms with Gasteiger partial charge in [-0.25, -0.2) is 15.0 Å². The molecule has 2 aromatic heterocycles. The Hall–Kier alpha value is -6.65. The molecule has 0 aliphatic heterocycles. The largest absolute Gasteiger partial charge is 0.456 e. The molecule has 2 heterocycles. The molecule has 0 spiro atoms. The predicted octanol–water partition coefficient (Wildman–Crippen LogP) is 11.9. The van der Waals surface area contributed by atoms with Gasteiger partial charge < -0.3 is 4.42 Å². The van der Waals surface area contributed by atoms with Gasteiger partial charge in [0, 0.05) is 27.5 Å². The van der Waals surface area contributed by atoms with Crippen LogP contribution in [0.1, 0.15) is 0 Å². The molecular weight excluding hydrogens is 599 g/mol. The molecule has 49 heavy (non-hydrogen) atoms. The molecule has 0 saturated heterocycles. The van der Waals surface area contributed by atoms with Crippen molar-refractivity contribution in [3.8, 4) is 45.3 Å². The first-order valence-electron chi connectivity index (χ1n) is 16.4. The van der Waals surface area contributed by atoms with Crippen molar-refractivity contribution in [1.29, 1.82) is 0 Å². The van der Waals surface area contributed by atoms with Crippen LogP contribution in [0.15, 0.2) is 168 Å². The van der Waals surface area contributed by atoms with Crippen molar-refractivity contribution in [3.05, 3.63) is 164 Å². The molecule has 8 aromatic carbocycles. The summed E-state index contributed by atoms with van der Waals surface area (Å²) in [5, 5.41) is 9.35. The minimum absolute atomic E-state index is 0.604. The van der Waals surface area contributed by atoms with Gasteiger partial charge in [0.1, 0.15) is 11.2 Å². The number of rotatable bonds is 4. The molecular formula is C45H27N3O. The third-order valence-electron chi connectivity index (χ3n) is 9.51. The Bertz CT molecular complexity index is 2880. The molecule has 10 aromatic rings. The smallest absolute Gasteiger partial charge is 0.164 e. The second-order valence-electron chi connectivity index (χ2n) is 12.4. The third-order valence-corrected chi connectivity index (χ3v) is 9.51. The molecule has 4 nitrogen and oxygen atoms in total. The van der Waals surface area contributed by atoms with E-state index < -0.39 is 0 Å². The van der Waals surface area contributed by atoms with Crippen molar-refractivity contribution in [2.45, 2.75) is 0 Å². The number of fused-ring (bicyclic) bond motifs is 8. The quantitative estimate of drug-likeness (QED) is 0.183. The van der Waals surface area contributed by atoms with Crippen LogP contribution in [0.25, 0.3) is 99.5 Å². The van der Waals surface area contributed by atoms with Crippen molar-refractivity contribution in [3.63, 3.8) is 0 Å². The third kappa shape index (κ3) is 4.57. The number of nitrogens with zero attached hydrogens (tertiary/aromatic N) is 3. The molecule has 228 valence electrons. The zero-order chi connectivity index (χ0) is 32.3. The Morgan fingerprint density at radius 1 is 0.327 bits per heavy atom. The highest BCUT2D eigenvalue weighted by atomic mass is 16.3. The van der Waals surface area contributed by atoms with E-state index in [9.17, 15) is 0 Å². The van der Waals surface area contributed by atoms with Crippen LogP contribution in [-0.4, -0.2) is 15.0 Å². The van der Waals surface area contributed by atoms with Gasteiger partial charge in [-0.1, -0.05) is 140 Å². The van der Waals surface area contributed by atoms with E-state index in [0.29, 0.717) is 17.5 Å². The van der Waals surface area contributed by atoms with Crippen LogP contribution in [0.4, 0.5) is 0 Å². The van der Waals surface area contributed by atoms with Gasteiger partial charge in [-0.05, 0) is 67.7 Å². The molecule has 0 radical (unpaired) electrons. The molecule has 0 amide bonds. The lowest BCUT2D eigenvalue weighted by atomic mass is 9.96. The maximum Gasteiger partial charge on any atom is 0.164 e. The Labute approximate surface area is 282 Å². The number of benzene rings is 8. The van der Waals surface area contributed by atoms with Gasteiger partial charge in [-0.3, -0.25) is 0 Å². The average molecular weight is 626 g/mol. The highest BCUT2D eigenvalue weighted by Gasteiger charge is 2.19. The van der Waals surface area contributed by atoms with Gasteiger partial charge in [0.2, 0.25) is 0 Å². The molecule has 0 saturated carbocycles. The molecule has 10 rings (SSSR count). The monoisotopic (exact) mass is 625 g/mol. The first-order chi connectivity index (χ1) is 24.3. The summed E-state index contributed by atoms with van der Waals surface area (Å²) in [6.07, 6.45) is 0. The first kappa shape index (κ1) is 27.5. The Morgan fingerprint density at radius 2 is 0.959 bits per heavy atom. The zero-order valence-electron chi connectivity index (χ0n) is 26.3. The number of hydrogen-bond donors (Lipinski definition) is 0. The Morgan fingerprint density at radius 3 is 1.78 bits per heavy atom. The first-order valence-corrected chi connectivity index (χ1v) is 16.4. The topological polar surface area (TPSA) is 51.8 Å². The molecule has 0 aliphatic rings. The number of hydrogen-bond acceptors (Lipinski definition) is 4. The predicted molar refractivity (Wildman–Crippen MR) is 201 cm³/mol. The normalized spacial score (nSPS) is 11.7. The van der Waals surface area contributed by atoms with Crippen LogP contribution in [0, 0.1) is 0 Å². The van der Waals surface area contributed by atoms with Gasteiger partial charge in [0.15, 0.2) is 17.5 Å². The van der Waals surface area contributed by atoms with Crippen LogP contribution >= 0.6 is 0 Å². The highest BCUT2D eigenvalue weighted by Crippen LogP contribution is 2.39. The summed E-state index contributed by atoms with van der Waals surface area (Å²) >= 11 is 0. The summed E-state index contributed by atoms with van der Waals surface area (Å²) in [7, 11) is 0. The van der Waals surface area contributed by atoms with Gasteiger partial charge in [-0.2, -0.15) is 0 Å². The zero-order valence-corrected chi connectivity index (χ0v) is 26.3. The molecule has 0 N–H and O–H groups in total. The van der Waals surface area contributed by atoms with Crippen LogP contribution in [-0.2, 0) is 0 Å². The maximum atomic E-state index is 6.37. The maximum absolute atomic E-state index is 6.37. The van der Waals surface area contributed by atoms with Gasteiger partial charge in [0.05, 0.1) is 0 Å². The van der Waals surface area contributed by atoms with E-state index in [4.69, 9.17) is 19.4 Å². The molecule has 0 fully saturated rings.